The first-order chi connectivity index (χ1) is 4.62. The summed E-state index contributed by atoms with van der Waals surface area (Å²) in [5.74, 6) is 0.727. The Bertz CT molecular complexity index is 158. The first kappa shape index (κ1) is 9.95. The van der Waals surface area contributed by atoms with Gasteiger partial charge >= 0.3 is 0 Å². The van der Waals surface area contributed by atoms with Crippen molar-refractivity contribution in [1.82, 2.24) is 0 Å². The zero-order valence-electron chi connectivity index (χ0n) is 6.76. The quantitative estimate of drug-likeness (QED) is 0.618. The highest BCUT2D eigenvalue weighted by Gasteiger charge is 2.06. The third kappa shape index (κ3) is 4.79. The summed E-state index contributed by atoms with van der Waals surface area (Å²) in [7, 11) is -2.69. The van der Waals surface area contributed by atoms with Crippen LogP contribution >= 0.6 is 0 Å². The molecule has 0 N–H and O–H groups in total. The number of hydrogen-bond acceptors (Lipinski definition) is 2. The average molecular weight is 164 g/mol. The van der Waals surface area contributed by atoms with Gasteiger partial charge in [0.1, 0.15) is 9.84 Å². The maximum absolute atomic E-state index is 11.0. The molecule has 0 fully saturated rings. The molecule has 2 nitrogen and oxygen atoms in total. The van der Waals surface area contributed by atoms with Crippen LogP contribution in [0, 0.1) is 0 Å². The zero-order valence-corrected chi connectivity index (χ0v) is 7.58. The summed E-state index contributed by atoms with van der Waals surface area (Å²) < 4.78 is 22.0. The lowest BCUT2D eigenvalue weighted by Gasteiger charge is -1.98. The molecule has 0 saturated heterocycles. The molecule has 0 aromatic carbocycles. The summed E-state index contributed by atoms with van der Waals surface area (Å²) >= 11 is 0. The average Bonchev–Trinajstić information content (AvgIpc) is 1.84. The molecular weight excluding hydrogens is 148 g/mol. The van der Waals surface area contributed by atoms with E-state index in [4.69, 9.17) is 0 Å². The number of unbranched alkanes of at least 4 members (excludes halogenated alkanes) is 1. The van der Waals surface area contributed by atoms with Crippen molar-refractivity contribution in [2.24, 2.45) is 0 Å². The summed E-state index contributed by atoms with van der Waals surface area (Å²) in [4.78, 5) is 0. The molecule has 3 heteroatoms. The topological polar surface area (TPSA) is 34.1 Å². The minimum absolute atomic E-state index is 0.354. The van der Waals surface area contributed by atoms with E-state index in [1.165, 1.54) is 0 Å². The van der Waals surface area contributed by atoms with Crippen molar-refractivity contribution >= 4 is 9.84 Å². The van der Waals surface area contributed by atoms with Gasteiger partial charge < -0.3 is 0 Å². The van der Waals surface area contributed by atoms with Crippen molar-refractivity contribution in [2.45, 2.75) is 33.1 Å². The van der Waals surface area contributed by atoms with Crippen LogP contribution in [0.2, 0.25) is 0 Å². The maximum Gasteiger partial charge on any atom is 0.150 e. The van der Waals surface area contributed by atoms with Gasteiger partial charge in [-0.05, 0) is 12.8 Å². The third-order valence-electron chi connectivity index (χ3n) is 1.32. The van der Waals surface area contributed by atoms with Gasteiger partial charge in [-0.1, -0.05) is 20.3 Å². The van der Waals surface area contributed by atoms with E-state index < -0.39 is 9.84 Å². The molecule has 0 radical (unpaired) electrons. The predicted octanol–water partition coefficient (Wildman–Crippen LogP) is 1.61. The van der Waals surface area contributed by atoms with Crippen molar-refractivity contribution in [1.29, 1.82) is 0 Å². The fraction of sp³-hybridized carbons (Fsp3) is 1.00. The zero-order chi connectivity index (χ0) is 8.04. The standard InChI is InChI=1S/C7H16O2S/c1-3-5-7-10(8,9)6-4-2/h3-7H2,1-2H3. The SMILES string of the molecule is CCCCS(=O)(=O)CCC. The van der Waals surface area contributed by atoms with Gasteiger partial charge in [-0.2, -0.15) is 0 Å². The highest BCUT2D eigenvalue weighted by atomic mass is 32.2. The summed E-state index contributed by atoms with van der Waals surface area (Å²) in [6, 6.07) is 0. The van der Waals surface area contributed by atoms with Crippen molar-refractivity contribution in [3.63, 3.8) is 0 Å². The van der Waals surface area contributed by atoms with E-state index in [9.17, 15) is 8.42 Å². The monoisotopic (exact) mass is 164 g/mol. The van der Waals surface area contributed by atoms with Crippen LogP contribution in [0.3, 0.4) is 0 Å². The van der Waals surface area contributed by atoms with Crippen LogP contribution in [0.15, 0.2) is 0 Å². The van der Waals surface area contributed by atoms with E-state index >= 15 is 0 Å². The van der Waals surface area contributed by atoms with E-state index in [0.29, 0.717) is 11.5 Å². The van der Waals surface area contributed by atoms with Crippen LogP contribution in [0.5, 0.6) is 0 Å². The molecule has 0 atom stereocenters. The molecule has 0 aliphatic heterocycles. The van der Waals surface area contributed by atoms with Crippen molar-refractivity contribution in [3.8, 4) is 0 Å². The molecule has 0 aliphatic rings. The van der Waals surface area contributed by atoms with Crippen molar-refractivity contribution < 1.29 is 8.42 Å². The Morgan fingerprint density at radius 1 is 1.00 bits per heavy atom. The lowest BCUT2D eigenvalue weighted by atomic mass is 10.4. The van der Waals surface area contributed by atoms with E-state index in [2.05, 4.69) is 0 Å². The fourth-order valence-electron chi connectivity index (χ4n) is 0.777. The summed E-state index contributed by atoms with van der Waals surface area (Å²) in [6.45, 7) is 3.89. The second kappa shape index (κ2) is 4.72. The second-order valence-electron chi connectivity index (χ2n) is 2.51. The Hall–Kier alpha value is -0.0500. The normalized spacial score (nSPS) is 11.8. The first-order valence-electron chi connectivity index (χ1n) is 3.82. The molecule has 62 valence electrons. The predicted molar refractivity (Wildman–Crippen MR) is 43.9 cm³/mol. The van der Waals surface area contributed by atoms with E-state index in [0.717, 1.165) is 19.3 Å². The summed E-state index contributed by atoms with van der Waals surface area (Å²) in [6.07, 6.45) is 2.51. The van der Waals surface area contributed by atoms with E-state index in [-0.39, 0.29) is 0 Å². The van der Waals surface area contributed by atoms with Crippen LogP contribution < -0.4 is 0 Å². The molecule has 0 heterocycles. The number of sulfone groups is 1. The lowest BCUT2D eigenvalue weighted by Crippen LogP contribution is -2.09. The molecule has 0 unspecified atom stereocenters. The number of rotatable bonds is 5. The van der Waals surface area contributed by atoms with Crippen LogP contribution in [0.4, 0.5) is 0 Å². The molecule has 0 aromatic rings. The largest absolute Gasteiger partial charge is 0.229 e. The van der Waals surface area contributed by atoms with Crippen molar-refractivity contribution in [2.75, 3.05) is 11.5 Å². The Labute approximate surface area is 63.6 Å². The van der Waals surface area contributed by atoms with Gasteiger partial charge in [0.2, 0.25) is 0 Å². The lowest BCUT2D eigenvalue weighted by molar-refractivity contribution is 0.591. The summed E-state index contributed by atoms with van der Waals surface area (Å²) in [5.41, 5.74) is 0. The van der Waals surface area contributed by atoms with Gasteiger partial charge in [0.05, 0.1) is 5.75 Å². The van der Waals surface area contributed by atoms with Gasteiger partial charge in [-0.25, -0.2) is 8.42 Å². The van der Waals surface area contributed by atoms with Crippen LogP contribution in [-0.2, 0) is 9.84 Å². The van der Waals surface area contributed by atoms with Crippen molar-refractivity contribution in [3.05, 3.63) is 0 Å². The van der Waals surface area contributed by atoms with Gasteiger partial charge in [-0.3, -0.25) is 0 Å². The molecule has 0 aliphatic carbocycles. The van der Waals surface area contributed by atoms with Crippen LogP contribution in [0.1, 0.15) is 33.1 Å². The molecule has 0 rings (SSSR count). The van der Waals surface area contributed by atoms with Crippen LogP contribution in [0.25, 0.3) is 0 Å². The molecule has 0 bridgehead atoms. The molecule has 10 heavy (non-hydrogen) atoms. The Kier molecular flexibility index (Phi) is 4.69. The minimum Gasteiger partial charge on any atom is -0.229 e. The molecule has 0 amide bonds. The highest BCUT2D eigenvalue weighted by Crippen LogP contribution is 1.98. The van der Waals surface area contributed by atoms with E-state index in [1.54, 1.807) is 0 Å². The number of hydrogen-bond donors (Lipinski definition) is 0. The summed E-state index contributed by atoms with van der Waals surface area (Å²) in [5, 5.41) is 0. The smallest absolute Gasteiger partial charge is 0.150 e. The van der Waals surface area contributed by atoms with Gasteiger partial charge in [0.15, 0.2) is 0 Å². The molecule has 0 saturated carbocycles. The minimum atomic E-state index is -2.69. The van der Waals surface area contributed by atoms with Crippen LogP contribution in [-0.4, -0.2) is 19.9 Å². The van der Waals surface area contributed by atoms with Gasteiger partial charge in [-0.15, -0.1) is 0 Å². The van der Waals surface area contributed by atoms with Gasteiger partial charge in [0.25, 0.3) is 0 Å². The Morgan fingerprint density at radius 2 is 1.60 bits per heavy atom. The maximum atomic E-state index is 11.0. The Balaban J connectivity index is 3.65. The molecule has 0 spiro atoms. The molecule has 0 aromatic heterocycles. The third-order valence-corrected chi connectivity index (χ3v) is 3.26. The highest BCUT2D eigenvalue weighted by molar-refractivity contribution is 7.91. The second-order valence-corrected chi connectivity index (χ2v) is 4.81. The van der Waals surface area contributed by atoms with Gasteiger partial charge in [0, 0.05) is 5.75 Å². The Morgan fingerprint density at radius 3 is 2.00 bits per heavy atom. The fourth-order valence-corrected chi connectivity index (χ4v) is 2.33. The van der Waals surface area contributed by atoms with E-state index in [1.807, 2.05) is 13.8 Å². The first-order valence-corrected chi connectivity index (χ1v) is 5.65. The molecular formula is C7H16O2S.